The quantitative estimate of drug-likeness (QED) is 0.184. The minimum Gasteiger partial charge on any atom is -0.507 e. The predicted molar refractivity (Wildman–Crippen MR) is 135 cm³/mol. The van der Waals surface area contributed by atoms with E-state index in [9.17, 15) is 24.8 Å². The van der Waals surface area contributed by atoms with Crippen molar-refractivity contribution in [3.8, 4) is 5.75 Å². The van der Waals surface area contributed by atoms with Gasteiger partial charge in [0.1, 0.15) is 17.6 Å². The zero-order chi connectivity index (χ0) is 26.0. The molecule has 0 aromatic heterocycles. The van der Waals surface area contributed by atoms with Crippen LogP contribution in [0.15, 0.2) is 48.0 Å². The van der Waals surface area contributed by atoms with E-state index in [1.807, 2.05) is 6.92 Å². The molecule has 2 aliphatic heterocycles. The first-order valence-electron chi connectivity index (χ1n) is 12.3. The Morgan fingerprint density at radius 3 is 2.64 bits per heavy atom. The fourth-order valence-electron chi connectivity index (χ4n) is 4.99. The molecule has 1 saturated heterocycles. The molecule has 2 heterocycles. The molecule has 36 heavy (non-hydrogen) atoms. The minimum atomic E-state index is -0.926. The molecule has 9 heteroatoms. The van der Waals surface area contributed by atoms with Crippen molar-refractivity contribution in [1.82, 2.24) is 9.80 Å². The van der Waals surface area contributed by atoms with Gasteiger partial charge in [0.15, 0.2) is 0 Å². The number of aliphatic hydroxyl groups excluding tert-OH is 1. The number of aliphatic hydroxyl groups is 1. The van der Waals surface area contributed by atoms with Crippen molar-refractivity contribution < 1.29 is 24.4 Å². The van der Waals surface area contributed by atoms with Crippen molar-refractivity contribution in [2.75, 3.05) is 26.2 Å². The lowest BCUT2D eigenvalue weighted by atomic mass is 9.94. The average Bonchev–Trinajstić information content (AvgIpc) is 3.37. The molecule has 190 valence electrons. The number of ether oxygens (including phenoxy) is 1. The number of nitro groups is 1. The van der Waals surface area contributed by atoms with Gasteiger partial charge in [-0.25, -0.2) is 0 Å². The van der Waals surface area contributed by atoms with Gasteiger partial charge in [0.2, 0.25) is 0 Å². The third-order valence-corrected chi connectivity index (χ3v) is 6.87. The number of amides is 1. The Bertz CT molecular complexity index is 1220. The maximum atomic E-state index is 13.3. The number of Topliss-reactive ketones (excluding diaryl/α,β-unsaturated/α-hetero) is 1. The van der Waals surface area contributed by atoms with E-state index >= 15 is 0 Å². The number of likely N-dealkylation sites (tertiary alicyclic amines) is 1. The number of fused-ring (bicyclic) bond motifs is 1. The molecule has 0 aliphatic carbocycles. The van der Waals surface area contributed by atoms with E-state index in [1.54, 1.807) is 24.3 Å². The van der Waals surface area contributed by atoms with Crippen molar-refractivity contribution in [3.05, 3.63) is 74.8 Å². The Balaban J connectivity index is 1.77. The summed E-state index contributed by atoms with van der Waals surface area (Å²) in [7, 11) is 0. The second kappa shape index (κ2) is 10.5. The van der Waals surface area contributed by atoms with Crippen LogP contribution in [0.3, 0.4) is 0 Å². The van der Waals surface area contributed by atoms with E-state index in [4.69, 9.17) is 4.74 Å². The summed E-state index contributed by atoms with van der Waals surface area (Å²) in [6.07, 6.45) is 1.30. The monoisotopic (exact) mass is 493 g/mol. The summed E-state index contributed by atoms with van der Waals surface area (Å²) >= 11 is 0. The molecule has 0 spiro atoms. The Morgan fingerprint density at radius 2 is 1.94 bits per heavy atom. The smallest absolute Gasteiger partial charge is 0.295 e. The van der Waals surface area contributed by atoms with Crippen molar-refractivity contribution in [1.29, 1.82) is 0 Å². The molecular formula is C27H31N3O6. The normalized spacial score (nSPS) is 20.6. The highest BCUT2D eigenvalue weighted by atomic mass is 16.6. The number of hydrogen-bond donors (Lipinski definition) is 1. The minimum absolute atomic E-state index is 0.0126. The lowest BCUT2D eigenvalue weighted by Gasteiger charge is -2.26. The molecule has 2 unspecified atom stereocenters. The van der Waals surface area contributed by atoms with Crippen LogP contribution in [-0.2, 0) is 16.0 Å². The molecule has 9 nitrogen and oxygen atoms in total. The van der Waals surface area contributed by atoms with Gasteiger partial charge in [-0.15, -0.1) is 0 Å². The third kappa shape index (κ3) is 4.83. The number of nitro benzene ring substituents is 1. The molecule has 1 fully saturated rings. The van der Waals surface area contributed by atoms with Crippen LogP contribution in [0, 0.1) is 10.1 Å². The van der Waals surface area contributed by atoms with E-state index < -0.39 is 22.7 Å². The first-order valence-corrected chi connectivity index (χ1v) is 12.3. The lowest BCUT2D eigenvalue weighted by Crippen LogP contribution is -2.33. The number of carbonyl (C=O) groups is 2. The summed E-state index contributed by atoms with van der Waals surface area (Å²) in [5, 5.41) is 22.8. The van der Waals surface area contributed by atoms with Crippen molar-refractivity contribution >= 4 is 23.1 Å². The predicted octanol–water partition coefficient (Wildman–Crippen LogP) is 4.07. The zero-order valence-electron chi connectivity index (χ0n) is 20.8. The summed E-state index contributed by atoms with van der Waals surface area (Å²) in [5.41, 5.74) is 1.51. The average molecular weight is 494 g/mol. The maximum Gasteiger partial charge on any atom is 0.295 e. The van der Waals surface area contributed by atoms with E-state index in [2.05, 4.69) is 18.7 Å². The first-order chi connectivity index (χ1) is 17.2. The van der Waals surface area contributed by atoms with Gasteiger partial charge in [0.25, 0.3) is 17.4 Å². The van der Waals surface area contributed by atoms with Gasteiger partial charge >= 0.3 is 0 Å². The van der Waals surface area contributed by atoms with Crippen LogP contribution in [0.1, 0.15) is 49.9 Å². The highest BCUT2D eigenvalue weighted by Crippen LogP contribution is 2.41. The van der Waals surface area contributed by atoms with E-state index in [1.165, 1.54) is 23.1 Å². The second-order valence-electron chi connectivity index (χ2n) is 9.18. The number of rotatable bonds is 9. The standard InChI is InChI=1S/C27H31N3O6/c1-4-28(5-2)12-7-13-29-24(18-8-6-9-21(16-18)30(34)35)23(26(32)27(29)33)25(31)19-10-11-22-20(15-19)14-17(3)36-22/h6,8-11,15-17,24,31H,4-5,7,12-14H2,1-3H3/b25-23-. The largest absolute Gasteiger partial charge is 0.507 e. The molecule has 4 rings (SSSR count). The van der Waals surface area contributed by atoms with Crippen molar-refractivity contribution in [3.63, 3.8) is 0 Å². The number of hydrogen-bond acceptors (Lipinski definition) is 7. The van der Waals surface area contributed by atoms with Crippen LogP contribution < -0.4 is 4.74 Å². The SMILES string of the molecule is CCN(CC)CCCN1C(=O)C(=O)/C(=C(\O)c2ccc3c(c2)CC(C)O3)C1c1cccc([N+](=O)[O-])c1. The molecule has 2 atom stereocenters. The highest BCUT2D eigenvalue weighted by Gasteiger charge is 2.46. The summed E-state index contributed by atoms with van der Waals surface area (Å²) in [5.74, 6) is -1.08. The molecule has 1 N–H and O–H groups in total. The fraction of sp³-hybridized carbons (Fsp3) is 0.407. The molecule has 2 aromatic carbocycles. The number of non-ortho nitro benzene ring substituents is 1. The van der Waals surface area contributed by atoms with E-state index in [0.29, 0.717) is 24.0 Å². The number of carbonyl (C=O) groups excluding carboxylic acids is 2. The topological polar surface area (TPSA) is 113 Å². The van der Waals surface area contributed by atoms with Crippen LogP contribution in [0.2, 0.25) is 0 Å². The Morgan fingerprint density at radius 1 is 1.19 bits per heavy atom. The summed E-state index contributed by atoms with van der Waals surface area (Å²) in [6.45, 7) is 8.81. The van der Waals surface area contributed by atoms with Gasteiger partial charge in [-0.2, -0.15) is 0 Å². The van der Waals surface area contributed by atoms with Gasteiger partial charge in [-0.3, -0.25) is 19.7 Å². The van der Waals surface area contributed by atoms with Gasteiger partial charge in [-0.1, -0.05) is 26.0 Å². The van der Waals surface area contributed by atoms with Crippen LogP contribution in [0.4, 0.5) is 5.69 Å². The van der Waals surface area contributed by atoms with Crippen LogP contribution in [0.25, 0.3) is 5.76 Å². The molecule has 0 radical (unpaired) electrons. The third-order valence-electron chi connectivity index (χ3n) is 6.87. The Labute approximate surface area is 210 Å². The maximum absolute atomic E-state index is 13.3. The molecule has 0 bridgehead atoms. The zero-order valence-corrected chi connectivity index (χ0v) is 20.8. The van der Waals surface area contributed by atoms with Gasteiger partial charge in [-0.05, 0) is 62.3 Å². The first kappa shape index (κ1) is 25.4. The molecule has 2 aliphatic rings. The second-order valence-corrected chi connectivity index (χ2v) is 9.18. The molecule has 0 saturated carbocycles. The highest BCUT2D eigenvalue weighted by molar-refractivity contribution is 6.46. The summed E-state index contributed by atoms with van der Waals surface area (Å²) in [6, 6.07) is 10.1. The van der Waals surface area contributed by atoms with Crippen LogP contribution >= 0.6 is 0 Å². The number of nitrogens with zero attached hydrogens (tertiary/aromatic N) is 3. The van der Waals surface area contributed by atoms with Crippen molar-refractivity contribution in [2.24, 2.45) is 0 Å². The van der Waals surface area contributed by atoms with Gasteiger partial charge < -0.3 is 19.6 Å². The van der Waals surface area contributed by atoms with E-state index in [-0.39, 0.29) is 29.7 Å². The summed E-state index contributed by atoms with van der Waals surface area (Å²) in [4.78, 5) is 41.0. The number of ketones is 1. The fourth-order valence-corrected chi connectivity index (χ4v) is 4.99. The molecule has 2 aromatic rings. The number of benzene rings is 2. The summed E-state index contributed by atoms with van der Waals surface area (Å²) < 4.78 is 5.74. The van der Waals surface area contributed by atoms with Crippen LogP contribution in [0.5, 0.6) is 5.75 Å². The molecule has 1 amide bonds. The van der Waals surface area contributed by atoms with Gasteiger partial charge in [0.05, 0.1) is 16.5 Å². The van der Waals surface area contributed by atoms with Gasteiger partial charge in [0, 0.05) is 30.7 Å². The molecular weight excluding hydrogens is 462 g/mol. The van der Waals surface area contributed by atoms with Crippen LogP contribution in [-0.4, -0.2) is 63.8 Å². The lowest BCUT2D eigenvalue weighted by molar-refractivity contribution is -0.384. The Hall–Kier alpha value is -3.72. The van der Waals surface area contributed by atoms with E-state index in [0.717, 1.165) is 30.9 Å². The Kier molecular flexibility index (Phi) is 7.40. The van der Waals surface area contributed by atoms with Crippen molar-refractivity contribution in [2.45, 2.75) is 45.8 Å².